The normalized spacial score (nSPS) is 9.89. The molecule has 0 spiro atoms. The van der Waals surface area contributed by atoms with E-state index in [1.165, 1.54) is 6.26 Å². The molecule has 50 valence electrons. The van der Waals surface area contributed by atoms with E-state index in [4.69, 9.17) is 4.42 Å². The molecule has 0 aromatic carbocycles. The van der Waals surface area contributed by atoms with Gasteiger partial charge in [0.15, 0.2) is 0 Å². The lowest BCUT2D eigenvalue weighted by Gasteiger charge is -1.93. The van der Waals surface area contributed by atoms with Crippen molar-refractivity contribution in [3.05, 3.63) is 18.4 Å². The first-order valence-electron chi connectivity index (χ1n) is 2.57. The molecule has 4 heteroatoms. The average Bonchev–Trinajstić information content (AvgIpc) is 2.34. The third-order valence-electron chi connectivity index (χ3n) is 0.851. The topological polar surface area (TPSA) is 47.3 Å². The maximum absolute atomic E-state index is 4.88. The molecule has 4 nitrogen and oxygen atoms in total. The summed E-state index contributed by atoms with van der Waals surface area (Å²) in [5.74, 6) is 0.622. The van der Waals surface area contributed by atoms with E-state index in [9.17, 15) is 0 Å². The van der Waals surface area contributed by atoms with Crippen molar-refractivity contribution >= 4 is 0 Å². The summed E-state index contributed by atoms with van der Waals surface area (Å²) >= 11 is 0. The first-order chi connectivity index (χ1) is 4.43. The van der Waals surface area contributed by atoms with Crippen LogP contribution < -0.4 is 5.48 Å². The minimum Gasteiger partial charge on any atom is -0.448 e. The van der Waals surface area contributed by atoms with Gasteiger partial charge in [0.25, 0.3) is 0 Å². The Bertz CT molecular complexity index is 150. The summed E-state index contributed by atoms with van der Waals surface area (Å²) < 4.78 is 4.88. The molecule has 1 aromatic rings. The average molecular weight is 128 g/mol. The summed E-state index contributed by atoms with van der Waals surface area (Å²) in [7, 11) is 1.54. The van der Waals surface area contributed by atoms with Gasteiger partial charge in [-0.05, 0) is 0 Å². The molecule has 0 bridgehead atoms. The Balaban J connectivity index is 2.30. The highest BCUT2D eigenvalue weighted by Gasteiger charge is 1.92. The predicted molar refractivity (Wildman–Crippen MR) is 30.4 cm³/mol. The van der Waals surface area contributed by atoms with Gasteiger partial charge in [-0.15, -0.1) is 0 Å². The Kier molecular flexibility index (Phi) is 2.23. The van der Waals surface area contributed by atoms with Gasteiger partial charge in [-0.25, -0.2) is 4.98 Å². The Hall–Kier alpha value is -0.870. The predicted octanol–water partition coefficient (Wildman–Crippen LogP) is 0.326. The lowest BCUT2D eigenvalue weighted by Crippen LogP contribution is -2.10. The fourth-order valence-corrected chi connectivity index (χ4v) is 0.474. The maximum atomic E-state index is 4.88. The second kappa shape index (κ2) is 3.21. The highest BCUT2D eigenvalue weighted by Crippen LogP contribution is 1.91. The maximum Gasteiger partial charge on any atom is 0.210 e. The van der Waals surface area contributed by atoms with Crippen LogP contribution in [0.25, 0.3) is 0 Å². The van der Waals surface area contributed by atoms with Crippen LogP contribution in [0.2, 0.25) is 0 Å². The Morgan fingerprint density at radius 1 is 1.89 bits per heavy atom. The van der Waals surface area contributed by atoms with E-state index < -0.39 is 0 Å². The number of nitrogens with one attached hydrogen (secondary N) is 1. The minimum atomic E-state index is 0.503. The quantitative estimate of drug-likeness (QED) is 0.596. The summed E-state index contributed by atoms with van der Waals surface area (Å²) in [5.41, 5.74) is 2.59. The first-order valence-corrected chi connectivity index (χ1v) is 2.57. The Labute approximate surface area is 52.8 Å². The van der Waals surface area contributed by atoms with E-state index in [1.54, 1.807) is 13.3 Å². The van der Waals surface area contributed by atoms with E-state index >= 15 is 0 Å². The fourth-order valence-electron chi connectivity index (χ4n) is 0.474. The lowest BCUT2D eigenvalue weighted by molar-refractivity contribution is 0.0806. The van der Waals surface area contributed by atoms with Gasteiger partial charge in [0.2, 0.25) is 5.89 Å². The molecule has 0 amide bonds. The molecule has 0 aliphatic carbocycles. The van der Waals surface area contributed by atoms with Gasteiger partial charge < -0.3 is 9.25 Å². The van der Waals surface area contributed by atoms with Crippen LogP contribution >= 0.6 is 0 Å². The second-order valence-corrected chi connectivity index (χ2v) is 1.45. The molecule has 0 radical (unpaired) electrons. The number of rotatable bonds is 3. The van der Waals surface area contributed by atoms with E-state index in [0.29, 0.717) is 12.4 Å². The van der Waals surface area contributed by atoms with Gasteiger partial charge in [0, 0.05) is 0 Å². The van der Waals surface area contributed by atoms with Crippen LogP contribution in [-0.4, -0.2) is 12.1 Å². The SMILES string of the molecule is CONCc1ncco1. The summed E-state index contributed by atoms with van der Waals surface area (Å²) in [6.07, 6.45) is 3.11. The van der Waals surface area contributed by atoms with E-state index in [2.05, 4.69) is 15.3 Å². The molecular weight excluding hydrogens is 120 g/mol. The molecule has 0 saturated carbocycles. The van der Waals surface area contributed by atoms with Crippen molar-refractivity contribution in [3.8, 4) is 0 Å². The molecule has 0 atom stereocenters. The van der Waals surface area contributed by atoms with Gasteiger partial charge >= 0.3 is 0 Å². The highest BCUT2D eigenvalue weighted by molar-refractivity contribution is 4.76. The van der Waals surface area contributed by atoms with Crippen LogP contribution in [-0.2, 0) is 11.4 Å². The van der Waals surface area contributed by atoms with Crippen molar-refractivity contribution < 1.29 is 9.25 Å². The fraction of sp³-hybridized carbons (Fsp3) is 0.400. The molecule has 0 aliphatic rings. The van der Waals surface area contributed by atoms with Crippen LogP contribution in [0.3, 0.4) is 0 Å². The molecule has 9 heavy (non-hydrogen) atoms. The van der Waals surface area contributed by atoms with Gasteiger partial charge in [-0.1, -0.05) is 0 Å². The summed E-state index contributed by atoms with van der Waals surface area (Å²) in [6, 6.07) is 0. The van der Waals surface area contributed by atoms with Crippen LogP contribution in [0.4, 0.5) is 0 Å². The molecule has 1 heterocycles. The zero-order valence-corrected chi connectivity index (χ0v) is 5.13. The van der Waals surface area contributed by atoms with Gasteiger partial charge in [0.1, 0.15) is 6.26 Å². The van der Waals surface area contributed by atoms with Crippen molar-refractivity contribution in [1.29, 1.82) is 0 Å². The Morgan fingerprint density at radius 2 is 2.78 bits per heavy atom. The van der Waals surface area contributed by atoms with E-state index in [0.717, 1.165) is 0 Å². The van der Waals surface area contributed by atoms with Crippen molar-refractivity contribution in [2.45, 2.75) is 6.54 Å². The van der Waals surface area contributed by atoms with Crippen LogP contribution in [0.15, 0.2) is 16.9 Å². The third-order valence-corrected chi connectivity index (χ3v) is 0.851. The summed E-state index contributed by atoms with van der Waals surface area (Å²) in [6.45, 7) is 0.503. The minimum absolute atomic E-state index is 0.503. The van der Waals surface area contributed by atoms with E-state index in [-0.39, 0.29) is 0 Å². The largest absolute Gasteiger partial charge is 0.448 e. The molecule has 0 saturated heterocycles. The standard InChI is InChI=1S/C5H8N2O2/c1-8-7-4-5-6-2-3-9-5/h2-3,7H,4H2,1H3. The zero-order valence-electron chi connectivity index (χ0n) is 5.13. The van der Waals surface area contributed by atoms with Gasteiger partial charge in [0.05, 0.1) is 19.9 Å². The second-order valence-electron chi connectivity index (χ2n) is 1.45. The number of nitrogens with zero attached hydrogens (tertiary/aromatic N) is 1. The molecule has 1 aromatic heterocycles. The molecule has 0 fully saturated rings. The number of hydrogen-bond acceptors (Lipinski definition) is 4. The van der Waals surface area contributed by atoms with Crippen molar-refractivity contribution in [2.24, 2.45) is 0 Å². The van der Waals surface area contributed by atoms with Gasteiger partial charge in [-0.3, -0.25) is 0 Å². The molecule has 1 rings (SSSR count). The van der Waals surface area contributed by atoms with Crippen molar-refractivity contribution in [1.82, 2.24) is 10.5 Å². The Morgan fingerprint density at radius 3 is 3.33 bits per heavy atom. The zero-order chi connectivity index (χ0) is 6.53. The monoisotopic (exact) mass is 128 g/mol. The molecule has 0 aliphatic heterocycles. The summed E-state index contributed by atoms with van der Waals surface area (Å²) in [5, 5.41) is 0. The lowest BCUT2D eigenvalue weighted by atomic mass is 10.7. The van der Waals surface area contributed by atoms with Crippen molar-refractivity contribution in [2.75, 3.05) is 7.11 Å². The number of aromatic nitrogens is 1. The summed E-state index contributed by atoms with van der Waals surface area (Å²) in [4.78, 5) is 8.41. The van der Waals surface area contributed by atoms with Crippen LogP contribution in [0.1, 0.15) is 5.89 Å². The van der Waals surface area contributed by atoms with Crippen LogP contribution in [0, 0.1) is 0 Å². The number of hydroxylamine groups is 1. The van der Waals surface area contributed by atoms with Crippen LogP contribution in [0.5, 0.6) is 0 Å². The molecule has 1 N–H and O–H groups in total. The third kappa shape index (κ3) is 1.83. The smallest absolute Gasteiger partial charge is 0.210 e. The molecule has 0 unspecified atom stereocenters. The highest BCUT2D eigenvalue weighted by atomic mass is 16.6. The molecular formula is C5H8N2O2. The number of oxazole rings is 1. The first kappa shape index (κ1) is 6.25. The van der Waals surface area contributed by atoms with Crippen molar-refractivity contribution in [3.63, 3.8) is 0 Å². The van der Waals surface area contributed by atoms with E-state index in [1.807, 2.05) is 0 Å². The number of hydrogen-bond donors (Lipinski definition) is 1. The van der Waals surface area contributed by atoms with Gasteiger partial charge in [-0.2, -0.15) is 5.48 Å².